The van der Waals surface area contributed by atoms with Gasteiger partial charge in [-0.2, -0.15) is 5.10 Å². The lowest BCUT2D eigenvalue weighted by Gasteiger charge is -2.09. The minimum absolute atomic E-state index is 0.102. The van der Waals surface area contributed by atoms with Crippen LogP contribution in [-0.4, -0.2) is 22.5 Å². The van der Waals surface area contributed by atoms with E-state index in [1.807, 2.05) is 12.1 Å². The number of hydrogen-bond acceptors (Lipinski definition) is 5. The molecule has 1 N–H and O–H groups in total. The van der Waals surface area contributed by atoms with Gasteiger partial charge in [0.05, 0.1) is 12.2 Å². The van der Waals surface area contributed by atoms with Gasteiger partial charge >= 0.3 is 0 Å². The highest BCUT2D eigenvalue weighted by atomic mass is 19.1. The lowest BCUT2D eigenvalue weighted by atomic mass is 10.1. The van der Waals surface area contributed by atoms with E-state index in [0.29, 0.717) is 29.3 Å². The zero-order valence-corrected chi connectivity index (χ0v) is 15.4. The predicted molar refractivity (Wildman–Crippen MR) is 103 cm³/mol. The molecule has 1 amide bonds. The van der Waals surface area contributed by atoms with Gasteiger partial charge in [-0.15, -0.1) is 0 Å². The highest BCUT2D eigenvalue weighted by molar-refractivity contribution is 5.75. The number of nitrogens with one attached hydrogen (secondary N) is 1. The third kappa shape index (κ3) is 4.43. The lowest BCUT2D eigenvalue weighted by molar-refractivity contribution is -0.121. The number of amides is 1. The maximum atomic E-state index is 13.1. The minimum Gasteiger partial charge on any atom is -0.454 e. The fraction of sp³-hybridized carbons (Fsp3) is 0.190. The van der Waals surface area contributed by atoms with Gasteiger partial charge in [0, 0.05) is 24.6 Å². The van der Waals surface area contributed by atoms with E-state index in [-0.39, 0.29) is 37.0 Å². The molecule has 0 atom stereocenters. The molecule has 0 unspecified atom stereocenters. The second-order valence-electron chi connectivity index (χ2n) is 6.50. The van der Waals surface area contributed by atoms with E-state index in [2.05, 4.69) is 10.4 Å². The zero-order chi connectivity index (χ0) is 20.2. The van der Waals surface area contributed by atoms with Crippen LogP contribution >= 0.6 is 0 Å². The number of carbonyl (C=O) groups is 1. The molecule has 4 rings (SSSR count). The van der Waals surface area contributed by atoms with Gasteiger partial charge in [-0.25, -0.2) is 9.07 Å². The predicted octanol–water partition coefficient (Wildman–Crippen LogP) is 2.48. The van der Waals surface area contributed by atoms with E-state index in [1.54, 1.807) is 24.3 Å². The third-order valence-electron chi connectivity index (χ3n) is 4.48. The summed E-state index contributed by atoms with van der Waals surface area (Å²) in [4.78, 5) is 24.2. The number of aryl methyl sites for hydroxylation is 1. The Morgan fingerprint density at radius 3 is 2.69 bits per heavy atom. The van der Waals surface area contributed by atoms with Crippen LogP contribution in [0.25, 0.3) is 11.3 Å². The fourth-order valence-electron chi connectivity index (χ4n) is 2.93. The molecule has 0 fully saturated rings. The highest BCUT2D eigenvalue weighted by Crippen LogP contribution is 2.32. The average molecular weight is 395 g/mol. The van der Waals surface area contributed by atoms with Crippen molar-refractivity contribution < 1.29 is 18.7 Å². The standard InChI is InChI=1S/C21H18FN3O4/c22-16-4-2-15(3-5-16)17-6-8-21(27)25(24-17)10-9-20(26)23-12-14-1-7-18-19(11-14)29-13-28-18/h1-8,11H,9-10,12-13H2,(H,23,26). The molecule has 0 saturated heterocycles. The lowest BCUT2D eigenvalue weighted by Crippen LogP contribution is -2.28. The first-order chi connectivity index (χ1) is 14.1. The molecule has 0 radical (unpaired) electrons. The van der Waals surface area contributed by atoms with Crippen molar-refractivity contribution >= 4 is 5.91 Å². The van der Waals surface area contributed by atoms with Gasteiger partial charge in [0.25, 0.3) is 5.56 Å². The molecular weight excluding hydrogens is 377 g/mol. The minimum atomic E-state index is -0.346. The molecule has 1 aromatic heterocycles. The van der Waals surface area contributed by atoms with E-state index < -0.39 is 0 Å². The van der Waals surface area contributed by atoms with Crippen LogP contribution in [0.2, 0.25) is 0 Å². The summed E-state index contributed by atoms with van der Waals surface area (Å²) < 4.78 is 24.9. The molecule has 148 valence electrons. The molecule has 2 aromatic carbocycles. The number of halogens is 1. The SMILES string of the molecule is O=C(CCn1nc(-c2ccc(F)cc2)ccc1=O)NCc1ccc2c(c1)OCO2. The number of hydrogen-bond donors (Lipinski definition) is 1. The van der Waals surface area contributed by atoms with Crippen LogP contribution in [0.3, 0.4) is 0 Å². The summed E-state index contributed by atoms with van der Waals surface area (Å²) >= 11 is 0. The quantitative estimate of drug-likeness (QED) is 0.693. The van der Waals surface area contributed by atoms with Crippen LogP contribution < -0.4 is 20.3 Å². The molecule has 2 heterocycles. The second-order valence-corrected chi connectivity index (χ2v) is 6.50. The van der Waals surface area contributed by atoms with Gasteiger partial charge in [-0.3, -0.25) is 9.59 Å². The number of aromatic nitrogens is 2. The molecule has 1 aliphatic rings. The summed E-state index contributed by atoms with van der Waals surface area (Å²) in [7, 11) is 0. The monoisotopic (exact) mass is 395 g/mol. The Kier molecular flexibility index (Phi) is 5.24. The molecule has 8 heteroatoms. The Morgan fingerprint density at radius 2 is 1.86 bits per heavy atom. The number of fused-ring (bicyclic) bond motifs is 1. The Labute approximate surface area is 165 Å². The van der Waals surface area contributed by atoms with Gasteiger partial charge in [0.1, 0.15) is 5.82 Å². The molecule has 0 aliphatic carbocycles. The van der Waals surface area contributed by atoms with Crippen molar-refractivity contribution in [2.75, 3.05) is 6.79 Å². The number of nitrogens with zero attached hydrogens (tertiary/aromatic N) is 2. The summed E-state index contributed by atoms with van der Waals surface area (Å²) in [5, 5.41) is 7.09. The highest BCUT2D eigenvalue weighted by Gasteiger charge is 2.13. The van der Waals surface area contributed by atoms with Crippen molar-refractivity contribution in [1.29, 1.82) is 0 Å². The smallest absolute Gasteiger partial charge is 0.266 e. The first-order valence-electron chi connectivity index (χ1n) is 9.08. The number of benzene rings is 2. The van der Waals surface area contributed by atoms with Gasteiger partial charge < -0.3 is 14.8 Å². The topological polar surface area (TPSA) is 82.5 Å². The van der Waals surface area contributed by atoms with Crippen LogP contribution in [0.15, 0.2) is 59.4 Å². The van der Waals surface area contributed by atoms with E-state index in [0.717, 1.165) is 5.56 Å². The van der Waals surface area contributed by atoms with Gasteiger partial charge in [-0.1, -0.05) is 6.07 Å². The summed E-state index contributed by atoms with van der Waals surface area (Å²) in [5.74, 6) is 0.793. The van der Waals surface area contributed by atoms with E-state index >= 15 is 0 Å². The molecule has 1 aliphatic heterocycles. The van der Waals surface area contributed by atoms with Crippen molar-refractivity contribution in [3.63, 3.8) is 0 Å². The average Bonchev–Trinajstić information content (AvgIpc) is 3.20. The van der Waals surface area contributed by atoms with Crippen molar-refractivity contribution in [2.45, 2.75) is 19.5 Å². The Balaban J connectivity index is 1.35. The summed E-state index contributed by atoms with van der Waals surface area (Å²) in [6, 6.07) is 14.3. The first-order valence-corrected chi connectivity index (χ1v) is 9.08. The van der Waals surface area contributed by atoms with E-state index in [1.165, 1.54) is 22.9 Å². The first kappa shape index (κ1) is 18.7. The maximum Gasteiger partial charge on any atom is 0.266 e. The number of carbonyl (C=O) groups excluding carboxylic acids is 1. The summed E-state index contributed by atoms with van der Waals surface area (Å²) in [5.41, 5.74) is 1.80. The van der Waals surface area contributed by atoms with Gasteiger partial charge in [0.2, 0.25) is 12.7 Å². The molecule has 7 nitrogen and oxygen atoms in total. The molecular formula is C21H18FN3O4. The van der Waals surface area contributed by atoms with Crippen molar-refractivity contribution in [3.05, 3.63) is 76.3 Å². The number of ether oxygens (including phenoxy) is 2. The van der Waals surface area contributed by atoms with Crippen LogP contribution in [0.1, 0.15) is 12.0 Å². The van der Waals surface area contributed by atoms with E-state index in [4.69, 9.17) is 9.47 Å². The van der Waals surface area contributed by atoms with Crippen LogP contribution in [0.4, 0.5) is 4.39 Å². The normalized spacial score (nSPS) is 12.0. The largest absolute Gasteiger partial charge is 0.454 e. The molecule has 29 heavy (non-hydrogen) atoms. The Morgan fingerprint density at radius 1 is 1.07 bits per heavy atom. The van der Waals surface area contributed by atoms with Crippen LogP contribution in [-0.2, 0) is 17.9 Å². The van der Waals surface area contributed by atoms with Crippen molar-refractivity contribution in [1.82, 2.24) is 15.1 Å². The van der Waals surface area contributed by atoms with Crippen molar-refractivity contribution in [2.24, 2.45) is 0 Å². The summed E-state index contributed by atoms with van der Waals surface area (Å²) in [6.45, 7) is 0.679. The molecule has 0 bridgehead atoms. The Hall–Kier alpha value is -3.68. The molecule has 3 aromatic rings. The van der Waals surface area contributed by atoms with E-state index in [9.17, 15) is 14.0 Å². The zero-order valence-electron chi connectivity index (χ0n) is 15.4. The van der Waals surface area contributed by atoms with Gasteiger partial charge in [-0.05, 0) is 48.0 Å². The van der Waals surface area contributed by atoms with Crippen LogP contribution in [0.5, 0.6) is 11.5 Å². The number of rotatable bonds is 6. The van der Waals surface area contributed by atoms with Gasteiger partial charge in [0.15, 0.2) is 11.5 Å². The summed E-state index contributed by atoms with van der Waals surface area (Å²) in [6.07, 6.45) is 0.102. The maximum absolute atomic E-state index is 13.1. The molecule has 0 spiro atoms. The molecule has 0 saturated carbocycles. The fourth-order valence-corrected chi connectivity index (χ4v) is 2.93. The third-order valence-corrected chi connectivity index (χ3v) is 4.48. The van der Waals surface area contributed by atoms with Crippen LogP contribution in [0, 0.1) is 5.82 Å². The van der Waals surface area contributed by atoms with Crippen molar-refractivity contribution in [3.8, 4) is 22.8 Å². The second kappa shape index (κ2) is 8.14. The Bertz CT molecular complexity index is 1100.